The molecule has 0 aromatic carbocycles. The van der Waals surface area contributed by atoms with E-state index in [9.17, 15) is 0 Å². The molecule has 0 aliphatic heterocycles. The molecule has 1 saturated carbocycles. The monoisotopic (exact) mass is 148 g/mol. The zero-order valence-corrected chi connectivity index (χ0v) is 7.81. The van der Waals surface area contributed by atoms with Crippen LogP contribution in [0.1, 0.15) is 27.7 Å². The van der Waals surface area contributed by atoms with Gasteiger partial charge in [-0.3, -0.25) is 0 Å². The third-order valence-corrected chi connectivity index (χ3v) is 3.48. The van der Waals surface area contributed by atoms with Crippen molar-refractivity contribution in [3.05, 3.63) is 23.3 Å². The fourth-order valence-electron chi connectivity index (χ4n) is 2.16. The van der Waals surface area contributed by atoms with Gasteiger partial charge in [-0.1, -0.05) is 37.1 Å². The van der Waals surface area contributed by atoms with Gasteiger partial charge in [0, 0.05) is 0 Å². The van der Waals surface area contributed by atoms with Gasteiger partial charge in [0.05, 0.1) is 0 Å². The van der Waals surface area contributed by atoms with Gasteiger partial charge in [-0.15, -0.1) is 0 Å². The Hall–Kier alpha value is -0.520. The summed E-state index contributed by atoms with van der Waals surface area (Å²) in [5.41, 5.74) is 3.52. The Balaban J connectivity index is 2.33. The zero-order valence-electron chi connectivity index (χ0n) is 7.81. The number of hydrogen-bond acceptors (Lipinski definition) is 0. The molecule has 0 N–H and O–H groups in total. The Morgan fingerprint density at radius 1 is 1.00 bits per heavy atom. The lowest BCUT2D eigenvalue weighted by Gasteiger charge is -2.05. The lowest BCUT2D eigenvalue weighted by molar-refractivity contribution is 0.587. The van der Waals surface area contributed by atoms with Crippen LogP contribution in [0.15, 0.2) is 23.3 Å². The van der Waals surface area contributed by atoms with E-state index in [0.29, 0.717) is 5.41 Å². The molecule has 2 unspecified atom stereocenters. The second kappa shape index (κ2) is 1.80. The molecule has 0 aromatic heterocycles. The van der Waals surface area contributed by atoms with Crippen molar-refractivity contribution in [2.75, 3.05) is 0 Å². The lowest BCUT2D eigenvalue weighted by Crippen LogP contribution is -1.88. The van der Waals surface area contributed by atoms with Gasteiger partial charge in [-0.25, -0.2) is 0 Å². The Bertz CT molecular complexity index is 227. The van der Waals surface area contributed by atoms with E-state index in [2.05, 4.69) is 39.8 Å². The normalized spacial score (nSPS) is 38.9. The first-order valence-corrected chi connectivity index (χ1v) is 4.40. The fourth-order valence-corrected chi connectivity index (χ4v) is 2.16. The van der Waals surface area contributed by atoms with Crippen LogP contribution in [0.2, 0.25) is 0 Å². The topological polar surface area (TPSA) is 0 Å². The maximum absolute atomic E-state index is 2.44. The molecule has 1 fully saturated rings. The second-order valence-electron chi connectivity index (χ2n) is 4.57. The van der Waals surface area contributed by atoms with Gasteiger partial charge < -0.3 is 0 Å². The molecule has 0 amide bonds. The maximum atomic E-state index is 2.44. The van der Waals surface area contributed by atoms with Crippen molar-refractivity contribution in [3.63, 3.8) is 0 Å². The smallest absolute Gasteiger partial charge is 0.0102 e. The summed E-state index contributed by atoms with van der Waals surface area (Å²) in [6, 6.07) is 0. The average molecular weight is 148 g/mol. The van der Waals surface area contributed by atoms with Crippen LogP contribution < -0.4 is 0 Å². The summed E-state index contributed by atoms with van der Waals surface area (Å²) in [6.07, 6.45) is 4.89. The molecule has 0 heteroatoms. The van der Waals surface area contributed by atoms with Crippen LogP contribution >= 0.6 is 0 Å². The van der Waals surface area contributed by atoms with E-state index in [1.807, 2.05) is 0 Å². The predicted molar refractivity (Wildman–Crippen MR) is 48.3 cm³/mol. The van der Waals surface area contributed by atoms with Crippen molar-refractivity contribution in [1.82, 2.24) is 0 Å². The number of hydrogen-bond donors (Lipinski definition) is 0. The number of rotatable bonds is 0. The van der Waals surface area contributed by atoms with Crippen LogP contribution in [-0.4, -0.2) is 0 Å². The Morgan fingerprint density at radius 3 is 1.73 bits per heavy atom. The third-order valence-electron chi connectivity index (χ3n) is 3.48. The van der Waals surface area contributed by atoms with Crippen LogP contribution in [0, 0.1) is 17.3 Å². The highest BCUT2D eigenvalue weighted by Crippen LogP contribution is 2.62. The molecule has 0 heterocycles. The first kappa shape index (κ1) is 7.15. The van der Waals surface area contributed by atoms with E-state index >= 15 is 0 Å². The van der Waals surface area contributed by atoms with Crippen LogP contribution in [0.4, 0.5) is 0 Å². The SMILES string of the molecule is CC1=CC2C(C=C1C)C2(C)C. The summed E-state index contributed by atoms with van der Waals surface area (Å²) in [4.78, 5) is 0. The highest BCUT2D eigenvalue weighted by molar-refractivity contribution is 5.39. The van der Waals surface area contributed by atoms with Gasteiger partial charge in [-0.05, 0) is 31.1 Å². The first-order chi connectivity index (χ1) is 5.03. The van der Waals surface area contributed by atoms with Gasteiger partial charge in [0.2, 0.25) is 0 Å². The largest absolute Gasteiger partial charge is 0.0771 e. The van der Waals surface area contributed by atoms with E-state index in [0.717, 1.165) is 11.8 Å². The van der Waals surface area contributed by atoms with Gasteiger partial charge in [0.15, 0.2) is 0 Å². The second-order valence-corrected chi connectivity index (χ2v) is 4.57. The van der Waals surface area contributed by atoms with Crippen LogP contribution in [0.5, 0.6) is 0 Å². The molecule has 0 saturated heterocycles. The minimum absolute atomic E-state index is 0.555. The molecule has 2 aliphatic carbocycles. The molecule has 2 aliphatic rings. The summed E-state index contributed by atoms with van der Waals surface area (Å²) in [7, 11) is 0. The molecular formula is C11H16. The quantitative estimate of drug-likeness (QED) is 0.495. The van der Waals surface area contributed by atoms with Crippen molar-refractivity contribution < 1.29 is 0 Å². The maximum Gasteiger partial charge on any atom is -0.0102 e. The van der Waals surface area contributed by atoms with Gasteiger partial charge in [0.25, 0.3) is 0 Å². The Kier molecular flexibility index (Phi) is 1.17. The van der Waals surface area contributed by atoms with E-state index in [1.54, 1.807) is 0 Å². The highest BCUT2D eigenvalue weighted by Gasteiger charge is 2.55. The van der Waals surface area contributed by atoms with E-state index in [-0.39, 0.29) is 0 Å². The summed E-state index contributed by atoms with van der Waals surface area (Å²) >= 11 is 0. The molecule has 0 aromatic rings. The summed E-state index contributed by atoms with van der Waals surface area (Å²) in [6.45, 7) is 9.16. The molecule has 0 spiro atoms. The van der Waals surface area contributed by atoms with Gasteiger partial charge >= 0.3 is 0 Å². The van der Waals surface area contributed by atoms with Crippen LogP contribution in [-0.2, 0) is 0 Å². The molecule has 0 radical (unpaired) electrons. The predicted octanol–water partition coefficient (Wildman–Crippen LogP) is 3.16. The molecule has 60 valence electrons. The summed E-state index contributed by atoms with van der Waals surface area (Å²) in [5, 5.41) is 0. The summed E-state index contributed by atoms with van der Waals surface area (Å²) < 4.78 is 0. The molecule has 11 heavy (non-hydrogen) atoms. The molecule has 0 bridgehead atoms. The third kappa shape index (κ3) is 0.817. The van der Waals surface area contributed by atoms with Crippen molar-refractivity contribution in [1.29, 1.82) is 0 Å². The van der Waals surface area contributed by atoms with Crippen molar-refractivity contribution >= 4 is 0 Å². The molecule has 2 atom stereocenters. The fraction of sp³-hybridized carbons (Fsp3) is 0.636. The highest BCUT2D eigenvalue weighted by atomic mass is 14.6. The lowest BCUT2D eigenvalue weighted by atomic mass is 10.0. The Morgan fingerprint density at radius 2 is 1.36 bits per heavy atom. The van der Waals surface area contributed by atoms with Crippen molar-refractivity contribution in [2.45, 2.75) is 27.7 Å². The zero-order chi connectivity index (χ0) is 8.22. The van der Waals surface area contributed by atoms with Crippen molar-refractivity contribution in [2.24, 2.45) is 17.3 Å². The molecule has 2 rings (SSSR count). The van der Waals surface area contributed by atoms with Gasteiger partial charge in [0.1, 0.15) is 0 Å². The van der Waals surface area contributed by atoms with Crippen LogP contribution in [0.25, 0.3) is 0 Å². The molecular weight excluding hydrogens is 132 g/mol. The number of allylic oxidation sites excluding steroid dienone is 4. The standard InChI is InChI=1S/C11H16/c1-7-5-9-10(6-8(7)2)11(9,3)4/h5-6,9-10H,1-4H3. The van der Waals surface area contributed by atoms with Gasteiger partial charge in [-0.2, -0.15) is 0 Å². The molecule has 0 nitrogen and oxygen atoms in total. The minimum atomic E-state index is 0.555. The number of fused-ring (bicyclic) bond motifs is 1. The average Bonchev–Trinajstić information content (AvgIpc) is 2.39. The van der Waals surface area contributed by atoms with E-state index in [4.69, 9.17) is 0 Å². The minimum Gasteiger partial charge on any atom is -0.0771 e. The van der Waals surface area contributed by atoms with E-state index in [1.165, 1.54) is 11.1 Å². The van der Waals surface area contributed by atoms with E-state index < -0.39 is 0 Å². The van der Waals surface area contributed by atoms with Crippen LogP contribution in [0.3, 0.4) is 0 Å². The van der Waals surface area contributed by atoms with Crippen molar-refractivity contribution in [3.8, 4) is 0 Å². The summed E-state index contributed by atoms with van der Waals surface area (Å²) in [5.74, 6) is 1.68. The Labute approximate surface area is 69.0 Å². The first-order valence-electron chi connectivity index (χ1n) is 4.40.